The number of rotatable bonds is 6. The summed E-state index contributed by atoms with van der Waals surface area (Å²) in [6.45, 7) is 3.25. The molecule has 120 valence electrons. The summed E-state index contributed by atoms with van der Waals surface area (Å²) >= 11 is 2.77. The number of aromatic nitrogens is 2. The first-order valence-corrected chi connectivity index (χ1v) is 8.73. The summed E-state index contributed by atoms with van der Waals surface area (Å²) in [5.41, 5.74) is 1.88. The highest BCUT2D eigenvalue weighted by Gasteiger charge is 2.14. The van der Waals surface area contributed by atoms with Gasteiger partial charge in [0.15, 0.2) is 10.3 Å². The number of ether oxygens (including phenoxy) is 1. The van der Waals surface area contributed by atoms with E-state index in [4.69, 9.17) is 4.74 Å². The summed E-state index contributed by atoms with van der Waals surface area (Å²) in [7, 11) is 1.65. The van der Waals surface area contributed by atoms with Crippen molar-refractivity contribution in [3.8, 4) is 0 Å². The van der Waals surface area contributed by atoms with E-state index in [0.717, 1.165) is 27.5 Å². The third-order valence-electron chi connectivity index (χ3n) is 3.08. The first kappa shape index (κ1) is 15.9. The Morgan fingerprint density at radius 1 is 1.30 bits per heavy atom. The zero-order chi connectivity index (χ0) is 16.2. The molecule has 3 aromatic rings. The summed E-state index contributed by atoms with van der Waals surface area (Å²) in [6, 6.07) is 5.92. The summed E-state index contributed by atoms with van der Waals surface area (Å²) in [6.07, 6.45) is 1.57. The van der Waals surface area contributed by atoms with Crippen LogP contribution < -0.4 is 10.6 Å². The molecule has 0 bridgehead atoms. The van der Waals surface area contributed by atoms with E-state index in [0.29, 0.717) is 16.6 Å². The molecular weight excluding hydrogens is 332 g/mol. The van der Waals surface area contributed by atoms with Crippen LogP contribution in [-0.2, 0) is 11.3 Å². The third-order valence-corrected chi connectivity index (χ3v) is 4.97. The number of nitrogens with one attached hydrogen (secondary N) is 2. The van der Waals surface area contributed by atoms with Gasteiger partial charge in [0.25, 0.3) is 5.91 Å². The molecule has 0 aliphatic rings. The molecule has 1 aromatic carbocycles. The summed E-state index contributed by atoms with van der Waals surface area (Å²) in [4.78, 5) is 21.5. The molecule has 2 N–H and O–H groups in total. The molecule has 23 heavy (non-hydrogen) atoms. The molecule has 0 radical (unpaired) electrons. The fraction of sp³-hybridized carbons (Fsp3) is 0.267. The maximum Gasteiger partial charge on any atom is 0.269 e. The number of fused-ring (bicyclic) bond motifs is 1. The molecule has 3 rings (SSSR count). The minimum Gasteiger partial charge on any atom is -0.380 e. The van der Waals surface area contributed by atoms with Gasteiger partial charge in [-0.15, -0.1) is 0 Å². The van der Waals surface area contributed by atoms with Gasteiger partial charge < -0.3 is 10.1 Å². The number of hydrogen-bond acceptors (Lipinski definition) is 7. The number of para-hydroxylation sites is 1. The first-order chi connectivity index (χ1) is 11.2. The van der Waals surface area contributed by atoms with Crippen molar-refractivity contribution in [2.45, 2.75) is 13.5 Å². The number of carbonyl (C=O) groups excluding carboxylic acids is 1. The molecular formula is C15H16N4O2S2. The Balaban J connectivity index is 1.80. The molecule has 2 heterocycles. The van der Waals surface area contributed by atoms with Gasteiger partial charge in [-0.05, 0) is 13.0 Å². The number of anilines is 2. The molecule has 0 saturated heterocycles. The van der Waals surface area contributed by atoms with E-state index in [1.54, 1.807) is 13.3 Å². The quantitative estimate of drug-likeness (QED) is 0.712. The van der Waals surface area contributed by atoms with Crippen molar-refractivity contribution in [1.29, 1.82) is 0 Å². The SMILES string of the molecule is CCNc1ncc(C(=O)Nc2nc3c(COC)cccc3s2)s1. The van der Waals surface area contributed by atoms with Crippen LogP contribution in [0.1, 0.15) is 22.2 Å². The standard InChI is InChI=1S/C15H16N4O2S2/c1-3-16-14-17-7-11(23-14)13(20)19-15-18-12-9(8-21-2)5-4-6-10(12)22-15/h4-7H,3,8H2,1-2H3,(H,16,17)(H,18,19,20). The Labute approximate surface area is 141 Å². The van der Waals surface area contributed by atoms with Gasteiger partial charge in [0.1, 0.15) is 4.88 Å². The smallest absolute Gasteiger partial charge is 0.269 e. The van der Waals surface area contributed by atoms with Crippen LogP contribution in [0.15, 0.2) is 24.4 Å². The van der Waals surface area contributed by atoms with Crippen LogP contribution in [0.4, 0.5) is 10.3 Å². The van der Waals surface area contributed by atoms with Crippen LogP contribution in [0, 0.1) is 0 Å². The topological polar surface area (TPSA) is 76.1 Å². The maximum atomic E-state index is 12.3. The second-order valence-corrected chi connectivity index (χ2v) is 6.79. The van der Waals surface area contributed by atoms with E-state index in [2.05, 4.69) is 20.6 Å². The molecule has 0 fully saturated rings. The molecule has 8 heteroatoms. The zero-order valence-corrected chi connectivity index (χ0v) is 14.4. The van der Waals surface area contributed by atoms with Gasteiger partial charge in [-0.2, -0.15) is 0 Å². The van der Waals surface area contributed by atoms with E-state index < -0.39 is 0 Å². The highest BCUT2D eigenvalue weighted by molar-refractivity contribution is 7.22. The monoisotopic (exact) mass is 348 g/mol. The number of thiazole rings is 2. The molecule has 2 aromatic heterocycles. The highest BCUT2D eigenvalue weighted by Crippen LogP contribution is 2.29. The Kier molecular flexibility index (Phi) is 4.85. The first-order valence-electron chi connectivity index (χ1n) is 7.09. The zero-order valence-electron chi connectivity index (χ0n) is 12.8. The molecule has 1 amide bonds. The fourth-order valence-corrected chi connectivity index (χ4v) is 3.79. The van der Waals surface area contributed by atoms with Crippen LogP contribution in [-0.4, -0.2) is 29.5 Å². The molecule has 0 saturated carbocycles. The van der Waals surface area contributed by atoms with E-state index in [-0.39, 0.29) is 5.91 Å². The third kappa shape index (κ3) is 3.49. The predicted molar refractivity (Wildman–Crippen MR) is 94.6 cm³/mol. The predicted octanol–water partition coefficient (Wildman–Crippen LogP) is 3.58. The molecule has 0 aliphatic carbocycles. The van der Waals surface area contributed by atoms with Crippen LogP contribution in [0.3, 0.4) is 0 Å². The van der Waals surface area contributed by atoms with Gasteiger partial charge >= 0.3 is 0 Å². The lowest BCUT2D eigenvalue weighted by molar-refractivity contribution is 0.103. The van der Waals surface area contributed by atoms with Gasteiger partial charge in [-0.25, -0.2) is 9.97 Å². The molecule has 0 atom stereocenters. The largest absolute Gasteiger partial charge is 0.380 e. The number of nitrogens with zero attached hydrogens (tertiary/aromatic N) is 2. The van der Waals surface area contributed by atoms with Gasteiger partial charge in [0.2, 0.25) is 0 Å². The Morgan fingerprint density at radius 2 is 2.17 bits per heavy atom. The number of methoxy groups -OCH3 is 1. The molecule has 0 unspecified atom stereocenters. The molecule has 6 nitrogen and oxygen atoms in total. The fourth-order valence-electron chi connectivity index (χ4n) is 2.10. The Bertz CT molecular complexity index is 828. The van der Waals surface area contributed by atoms with Crippen LogP contribution in [0.2, 0.25) is 0 Å². The average Bonchev–Trinajstić information content (AvgIpc) is 3.15. The Morgan fingerprint density at radius 3 is 2.96 bits per heavy atom. The number of hydrogen-bond donors (Lipinski definition) is 2. The van der Waals surface area contributed by atoms with E-state index in [9.17, 15) is 4.79 Å². The average molecular weight is 348 g/mol. The normalized spacial score (nSPS) is 10.9. The van der Waals surface area contributed by atoms with Crippen molar-refractivity contribution in [3.63, 3.8) is 0 Å². The van der Waals surface area contributed by atoms with Crippen molar-refractivity contribution < 1.29 is 9.53 Å². The summed E-state index contributed by atoms with van der Waals surface area (Å²) in [5, 5.41) is 7.25. The second kappa shape index (κ2) is 7.03. The van der Waals surface area contributed by atoms with E-state index >= 15 is 0 Å². The number of amides is 1. The van der Waals surface area contributed by atoms with Gasteiger partial charge in [0.05, 0.1) is 23.0 Å². The minimum atomic E-state index is -0.195. The van der Waals surface area contributed by atoms with Crippen molar-refractivity contribution in [3.05, 3.63) is 34.8 Å². The van der Waals surface area contributed by atoms with Crippen LogP contribution >= 0.6 is 22.7 Å². The summed E-state index contributed by atoms with van der Waals surface area (Å²) < 4.78 is 6.21. The van der Waals surface area contributed by atoms with Crippen molar-refractivity contribution in [2.75, 3.05) is 24.3 Å². The maximum absolute atomic E-state index is 12.3. The van der Waals surface area contributed by atoms with Crippen molar-refractivity contribution in [1.82, 2.24) is 9.97 Å². The van der Waals surface area contributed by atoms with E-state index in [1.807, 2.05) is 25.1 Å². The van der Waals surface area contributed by atoms with Crippen molar-refractivity contribution in [2.24, 2.45) is 0 Å². The van der Waals surface area contributed by atoms with E-state index in [1.165, 1.54) is 22.7 Å². The number of benzene rings is 1. The lowest BCUT2D eigenvalue weighted by Gasteiger charge is -1.99. The lowest BCUT2D eigenvalue weighted by Crippen LogP contribution is -2.09. The molecule has 0 aliphatic heterocycles. The molecule has 0 spiro atoms. The lowest BCUT2D eigenvalue weighted by atomic mass is 10.2. The van der Waals surface area contributed by atoms with Gasteiger partial charge in [-0.1, -0.05) is 34.8 Å². The second-order valence-electron chi connectivity index (χ2n) is 4.73. The Hall–Kier alpha value is -2.03. The minimum absolute atomic E-state index is 0.195. The van der Waals surface area contributed by atoms with Gasteiger partial charge in [-0.3, -0.25) is 10.1 Å². The van der Waals surface area contributed by atoms with Gasteiger partial charge in [0, 0.05) is 19.2 Å². The summed E-state index contributed by atoms with van der Waals surface area (Å²) in [5.74, 6) is -0.195. The van der Waals surface area contributed by atoms with Crippen molar-refractivity contribution >= 4 is 49.1 Å². The highest BCUT2D eigenvalue weighted by atomic mass is 32.1. The van der Waals surface area contributed by atoms with Crippen LogP contribution in [0.25, 0.3) is 10.2 Å². The number of carbonyl (C=O) groups is 1. The van der Waals surface area contributed by atoms with Crippen LogP contribution in [0.5, 0.6) is 0 Å².